The standard InChI is InChI=1S/C16H19F3N2O3/c1-10(11-4-6-13(7-5-11)16(17,18)19)20-15(24)21-8-2-3-12(9-21)14(22)23/h4-7,10,12H,2-3,8-9H2,1H3,(H,20,24)(H,22,23)/t10-,12?/m1/s1. The number of piperidine rings is 1. The predicted octanol–water partition coefficient (Wildman–Crippen LogP) is 3.27. The third kappa shape index (κ3) is 4.39. The number of benzene rings is 1. The van der Waals surface area contributed by atoms with E-state index in [2.05, 4.69) is 5.32 Å². The van der Waals surface area contributed by atoms with E-state index >= 15 is 0 Å². The van der Waals surface area contributed by atoms with E-state index in [0.717, 1.165) is 12.1 Å². The first-order valence-electron chi connectivity index (χ1n) is 7.64. The van der Waals surface area contributed by atoms with Gasteiger partial charge in [-0.2, -0.15) is 13.2 Å². The van der Waals surface area contributed by atoms with Crippen LogP contribution in [0.2, 0.25) is 0 Å². The average Bonchev–Trinajstić information content (AvgIpc) is 2.54. The number of alkyl halides is 3. The number of nitrogens with zero attached hydrogens (tertiary/aromatic N) is 1. The molecule has 2 amide bonds. The van der Waals surface area contributed by atoms with Crippen molar-refractivity contribution in [2.45, 2.75) is 32.0 Å². The molecule has 2 rings (SSSR count). The van der Waals surface area contributed by atoms with E-state index in [-0.39, 0.29) is 6.54 Å². The van der Waals surface area contributed by atoms with Crippen LogP contribution in [0.5, 0.6) is 0 Å². The lowest BCUT2D eigenvalue weighted by atomic mass is 9.98. The molecule has 0 aromatic heterocycles. The number of likely N-dealkylation sites (tertiary alicyclic amines) is 1. The Morgan fingerprint density at radius 2 is 1.92 bits per heavy atom. The lowest BCUT2D eigenvalue weighted by molar-refractivity contribution is -0.143. The molecule has 1 aliphatic heterocycles. The fourth-order valence-corrected chi connectivity index (χ4v) is 2.68. The molecule has 1 heterocycles. The van der Waals surface area contributed by atoms with Gasteiger partial charge in [0.25, 0.3) is 0 Å². The van der Waals surface area contributed by atoms with Gasteiger partial charge in [0, 0.05) is 13.1 Å². The molecule has 8 heteroatoms. The Bertz CT molecular complexity index is 602. The lowest BCUT2D eigenvalue weighted by Crippen LogP contribution is -2.47. The van der Waals surface area contributed by atoms with Gasteiger partial charge in [-0.3, -0.25) is 4.79 Å². The van der Waals surface area contributed by atoms with Crippen molar-refractivity contribution >= 4 is 12.0 Å². The quantitative estimate of drug-likeness (QED) is 0.884. The smallest absolute Gasteiger partial charge is 0.416 e. The van der Waals surface area contributed by atoms with Gasteiger partial charge in [-0.1, -0.05) is 12.1 Å². The van der Waals surface area contributed by atoms with Crippen LogP contribution in [-0.2, 0) is 11.0 Å². The summed E-state index contributed by atoms with van der Waals surface area (Å²) in [5.74, 6) is -1.51. The number of carboxylic acids is 1. The first kappa shape index (κ1) is 18.1. The highest BCUT2D eigenvalue weighted by atomic mass is 19.4. The van der Waals surface area contributed by atoms with Crippen LogP contribution in [0.15, 0.2) is 24.3 Å². The first-order valence-corrected chi connectivity index (χ1v) is 7.64. The Labute approximate surface area is 137 Å². The van der Waals surface area contributed by atoms with Gasteiger partial charge in [0.2, 0.25) is 0 Å². The summed E-state index contributed by atoms with van der Waals surface area (Å²) in [7, 11) is 0. The van der Waals surface area contributed by atoms with Crippen LogP contribution in [0.4, 0.5) is 18.0 Å². The molecule has 24 heavy (non-hydrogen) atoms. The minimum atomic E-state index is -4.40. The summed E-state index contributed by atoms with van der Waals surface area (Å²) in [6.45, 7) is 2.27. The van der Waals surface area contributed by atoms with E-state index < -0.39 is 35.7 Å². The van der Waals surface area contributed by atoms with Crippen LogP contribution in [0, 0.1) is 5.92 Å². The van der Waals surface area contributed by atoms with Gasteiger partial charge < -0.3 is 15.3 Å². The van der Waals surface area contributed by atoms with Gasteiger partial charge in [0.15, 0.2) is 0 Å². The van der Waals surface area contributed by atoms with Gasteiger partial charge >= 0.3 is 18.2 Å². The molecule has 2 N–H and O–H groups in total. The number of halogens is 3. The SMILES string of the molecule is C[C@@H](NC(=O)N1CCCC(C(=O)O)C1)c1ccc(C(F)(F)F)cc1. The van der Waals surface area contributed by atoms with Gasteiger partial charge in [0.1, 0.15) is 0 Å². The molecule has 5 nitrogen and oxygen atoms in total. The summed E-state index contributed by atoms with van der Waals surface area (Å²) in [5, 5.41) is 11.7. The molecule has 1 fully saturated rings. The van der Waals surface area contributed by atoms with E-state index in [1.54, 1.807) is 6.92 Å². The topological polar surface area (TPSA) is 69.6 Å². The molecule has 132 valence electrons. The van der Waals surface area contributed by atoms with Crippen molar-refractivity contribution in [2.75, 3.05) is 13.1 Å². The molecule has 0 bridgehead atoms. The number of amides is 2. The van der Waals surface area contributed by atoms with Crippen LogP contribution >= 0.6 is 0 Å². The zero-order valence-corrected chi connectivity index (χ0v) is 13.1. The number of rotatable bonds is 3. The highest BCUT2D eigenvalue weighted by Gasteiger charge is 2.31. The Kier molecular flexibility index (Phi) is 5.36. The van der Waals surface area contributed by atoms with Crippen molar-refractivity contribution in [3.05, 3.63) is 35.4 Å². The van der Waals surface area contributed by atoms with Crippen molar-refractivity contribution in [3.63, 3.8) is 0 Å². The van der Waals surface area contributed by atoms with E-state index in [9.17, 15) is 22.8 Å². The van der Waals surface area contributed by atoms with Crippen molar-refractivity contribution < 1.29 is 27.9 Å². The Morgan fingerprint density at radius 1 is 1.29 bits per heavy atom. The van der Waals surface area contributed by atoms with E-state index in [1.807, 2.05) is 0 Å². The second kappa shape index (κ2) is 7.11. The molecule has 1 aromatic rings. The number of nitrogens with one attached hydrogen (secondary N) is 1. The van der Waals surface area contributed by atoms with Crippen molar-refractivity contribution in [3.8, 4) is 0 Å². The summed E-state index contributed by atoms with van der Waals surface area (Å²) in [6.07, 6.45) is -3.25. The molecular formula is C16H19F3N2O3. The molecule has 1 saturated heterocycles. The van der Waals surface area contributed by atoms with Crippen molar-refractivity contribution in [1.29, 1.82) is 0 Å². The summed E-state index contributed by atoms with van der Waals surface area (Å²) in [4.78, 5) is 24.7. The highest BCUT2D eigenvalue weighted by Crippen LogP contribution is 2.30. The maximum Gasteiger partial charge on any atom is 0.416 e. The minimum Gasteiger partial charge on any atom is -0.481 e. The molecule has 1 unspecified atom stereocenters. The van der Waals surface area contributed by atoms with E-state index in [4.69, 9.17) is 5.11 Å². The second-order valence-electron chi connectivity index (χ2n) is 5.91. The first-order chi connectivity index (χ1) is 11.2. The lowest BCUT2D eigenvalue weighted by Gasteiger charge is -2.31. The summed E-state index contributed by atoms with van der Waals surface area (Å²) in [6, 6.07) is 3.70. The molecule has 2 atom stereocenters. The third-order valence-corrected chi connectivity index (χ3v) is 4.14. The van der Waals surface area contributed by atoms with Gasteiger partial charge in [-0.05, 0) is 37.5 Å². The average molecular weight is 344 g/mol. The number of hydrogen-bond donors (Lipinski definition) is 2. The van der Waals surface area contributed by atoms with Gasteiger partial charge in [-0.15, -0.1) is 0 Å². The molecule has 0 radical (unpaired) electrons. The fourth-order valence-electron chi connectivity index (χ4n) is 2.68. The van der Waals surface area contributed by atoms with E-state index in [1.165, 1.54) is 17.0 Å². The monoisotopic (exact) mass is 344 g/mol. The predicted molar refractivity (Wildman–Crippen MR) is 80.3 cm³/mol. The van der Waals surface area contributed by atoms with Crippen LogP contribution < -0.4 is 5.32 Å². The van der Waals surface area contributed by atoms with Crippen LogP contribution in [0.3, 0.4) is 0 Å². The maximum absolute atomic E-state index is 12.6. The number of hydrogen-bond acceptors (Lipinski definition) is 2. The van der Waals surface area contributed by atoms with Crippen LogP contribution in [0.1, 0.15) is 36.9 Å². The normalized spacial score (nSPS) is 19.7. The van der Waals surface area contributed by atoms with Crippen molar-refractivity contribution in [1.82, 2.24) is 10.2 Å². The Morgan fingerprint density at radius 3 is 2.46 bits per heavy atom. The molecule has 1 aliphatic rings. The third-order valence-electron chi connectivity index (χ3n) is 4.14. The maximum atomic E-state index is 12.6. The zero-order chi connectivity index (χ0) is 17.9. The molecular weight excluding hydrogens is 325 g/mol. The fraction of sp³-hybridized carbons (Fsp3) is 0.500. The highest BCUT2D eigenvalue weighted by molar-refractivity contribution is 5.77. The minimum absolute atomic E-state index is 0.140. The number of urea groups is 1. The largest absolute Gasteiger partial charge is 0.481 e. The summed E-state index contributed by atoms with van der Waals surface area (Å²) < 4.78 is 37.7. The molecule has 0 spiro atoms. The Balaban J connectivity index is 1.97. The zero-order valence-electron chi connectivity index (χ0n) is 13.1. The van der Waals surface area contributed by atoms with Gasteiger partial charge in [-0.25, -0.2) is 4.79 Å². The number of carbonyl (C=O) groups is 2. The van der Waals surface area contributed by atoms with Crippen LogP contribution in [-0.4, -0.2) is 35.1 Å². The Hall–Kier alpha value is -2.25. The molecule has 0 saturated carbocycles. The number of carbonyl (C=O) groups excluding carboxylic acids is 1. The van der Waals surface area contributed by atoms with Gasteiger partial charge in [0.05, 0.1) is 17.5 Å². The molecule has 1 aromatic carbocycles. The number of aliphatic carboxylic acids is 1. The second-order valence-corrected chi connectivity index (χ2v) is 5.91. The molecule has 0 aliphatic carbocycles. The summed E-state index contributed by atoms with van der Waals surface area (Å²) >= 11 is 0. The number of carboxylic acid groups (broad SMARTS) is 1. The van der Waals surface area contributed by atoms with Crippen molar-refractivity contribution in [2.24, 2.45) is 5.92 Å². The van der Waals surface area contributed by atoms with Crippen LogP contribution in [0.25, 0.3) is 0 Å². The summed E-state index contributed by atoms with van der Waals surface area (Å²) in [5.41, 5.74) is -0.201. The van der Waals surface area contributed by atoms with E-state index in [0.29, 0.717) is 24.9 Å².